The minimum absolute atomic E-state index is 0.0376. The Labute approximate surface area is 74.3 Å². The maximum Gasteiger partial charge on any atom is 0.306 e. The Morgan fingerprint density at radius 3 is 2.42 bits per heavy atom. The summed E-state index contributed by atoms with van der Waals surface area (Å²) in [6, 6.07) is 0. The maximum atomic E-state index is 11.2. The van der Waals surface area contributed by atoms with Gasteiger partial charge in [0.1, 0.15) is 6.10 Å². The van der Waals surface area contributed by atoms with Crippen LogP contribution in [0, 0.1) is 11.8 Å². The molecule has 1 fully saturated rings. The number of hydrogen-bond donors (Lipinski definition) is 0. The van der Waals surface area contributed by atoms with Crippen molar-refractivity contribution < 1.29 is 9.53 Å². The van der Waals surface area contributed by atoms with Gasteiger partial charge in [-0.3, -0.25) is 4.79 Å². The van der Waals surface area contributed by atoms with Crippen LogP contribution in [0.4, 0.5) is 0 Å². The molecule has 0 N–H and O–H groups in total. The zero-order chi connectivity index (χ0) is 9.14. The zero-order valence-electron chi connectivity index (χ0n) is 8.17. The van der Waals surface area contributed by atoms with Gasteiger partial charge < -0.3 is 4.74 Å². The molecule has 1 atom stereocenters. The summed E-state index contributed by atoms with van der Waals surface area (Å²) in [6.45, 7) is 6.06. The summed E-state index contributed by atoms with van der Waals surface area (Å²) in [5.74, 6) is 1.02. The lowest BCUT2D eigenvalue weighted by Gasteiger charge is -2.12. The Morgan fingerprint density at radius 2 is 2.00 bits per heavy atom. The van der Waals surface area contributed by atoms with Crippen molar-refractivity contribution in [2.45, 2.75) is 46.1 Å². The van der Waals surface area contributed by atoms with Gasteiger partial charge in [0.05, 0.1) is 0 Å². The van der Waals surface area contributed by atoms with Crippen molar-refractivity contribution in [2.24, 2.45) is 11.8 Å². The first-order valence-corrected chi connectivity index (χ1v) is 4.79. The van der Waals surface area contributed by atoms with Crippen molar-refractivity contribution >= 4 is 5.97 Å². The summed E-state index contributed by atoms with van der Waals surface area (Å²) in [4.78, 5) is 11.2. The van der Waals surface area contributed by atoms with E-state index in [9.17, 15) is 4.79 Å². The van der Waals surface area contributed by atoms with Gasteiger partial charge in [-0.05, 0) is 31.6 Å². The minimum atomic E-state index is -0.0376. The molecule has 70 valence electrons. The van der Waals surface area contributed by atoms with Crippen LogP contribution in [0.1, 0.15) is 40.0 Å². The van der Waals surface area contributed by atoms with Gasteiger partial charge in [0, 0.05) is 6.42 Å². The molecule has 0 heterocycles. The van der Waals surface area contributed by atoms with E-state index in [0.717, 1.165) is 0 Å². The van der Waals surface area contributed by atoms with E-state index < -0.39 is 0 Å². The number of carbonyl (C=O) groups excluding carboxylic acids is 1. The molecule has 2 heteroatoms. The molecular formula is C10H18O2. The van der Waals surface area contributed by atoms with E-state index in [2.05, 4.69) is 0 Å². The number of rotatable bonds is 4. The lowest BCUT2D eigenvalue weighted by molar-refractivity contribution is -0.150. The van der Waals surface area contributed by atoms with E-state index in [0.29, 0.717) is 18.3 Å². The summed E-state index contributed by atoms with van der Waals surface area (Å²) in [6.07, 6.45) is 3.17. The monoisotopic (exact) mass is 170 g/mol. The molecule has 1 unspecified atom stereocenters. The summed E-state index contributed by atoms with van der Waals surface area (Å²) in [5.41, 5.74) is 0. The standard InChI is InChI=1S/C10H18O2/c1-7(2)6-10(11)12-8(3)9-4-5-9/h7-9H,4-6H2,1-3H3. The third-order valence-electron chi connectivity index (χ3n) is 2.18. The second-order valence-corrected chi connectivity index (χ2v) is 4.13. The van der Waals surface area contributed by atoms with Gasteiger partial charge in [-0.1, -0.05) is 13.8 Å². The van der Waals surface area contributed by atoms with Gasteiger partial charge in [-0.25, -0.2) is 0 Å². The van der Waals surface area contributed by atoms with Crippen molar-refractivity contribution in [1.82, 2.24) is 0 Å². The normalized spacial score (nSPS) is 19.3. The van der Waals surface area contributed by atoms with Crippen molar-refractivity contribution in [3.8, 4) is 0 Å². The fraction of sp³-hybridized carbons (Fsp3) is 0.900. The van der Waals surface area contributed by atoms with E-state index in [1.807, 2.05) is 20.8 Å². The molecule has 0 aromatic heterocycles. The van der Waals surface area contributed by atoms with Crippen molar-refractivity contribution in [3.63, 3.8) is 0 Å². The van der Waals surface area contributed by atoms with Gasteiger partial charge in [0.2, 0.25) is 0 Å². The number of carbonyl (C=O) groups is 1. The molecule has 0 aliphatic heterocycles. The Morgan fingerprint density at radius 1 is 1.42 bits per heavy atom. The lowest BCUT2D eigenvalue weighted by Crippen LogP contribution is -2.17. The van der Waals surface area contributed by atoms with E-state index in [-0.39, 0.29) is 12.1 Å². The Kier molecular flexibility index (Phi) is 3.12. The molecule has 1 aliphatic carbocycles. The second kappa shape index (κ2) is 3.92. The average Bonchev–Trinajstić information content (AvgIpc) is 2.63. The van der Waals surface area contributed by atoms with E-state index in [1.54, 1.807) is 0 Å². The maximum absolute atomic E-state index is 11.2. The second-order valence-electron chi connectivity index (χ2n) is 4.13. The summed E-state index contributed by atoms with van der Waals surface area (Å²) in [7, 11) is 0. The summed E-state index contributed by atoms with van der Waals surface area (Å²) in [5, 5.41) is 0. The molecule has 0 bridgehead atoms. The van der Waals surface area contributed by atoms with Gasteiger partial charge >= 0.3 is 5.97 Å². The van der Waals surface area contributed by atoms with Gasteiger partial charge in [-0.2, -0.15) is 0 Å². The highest BCUT2D eigenvalue weighted by molar-refractivity contribution is 5.69. The van der Waals surface area contributed by atoms with Crippen LogP contribution in [0.3, 0.4) is 0 Å². The molecule has 1 saturated carbocycles. The van der Waals surface area contributed by atoms with Crippen LogP contribution in [0.25, 0.3) is 0 Å². The summed E-state index contributed by atoms with van der Waals surface area (Å²) >= 11 is 0. The first kappa shape index (κ1) is 9.56. The molecule has 0 saturated heterocycles. The first-order valence-electron chi connectivity index (χ1n) is 4.79. The smallest absolute Gasteiger partial charge is 0.306 e. The number of esters is 1. The topological polar surface area (TPSA) is 26.3 Å². The predicted octanol–water partition coefficient (Wildman–Crippen LogP) is 2.37. The summed E-state index contributed by atoms with van der Waals surface area (Å²) < 4.78 is 5.25. The quantitative estimate of drug-likeness (QED) is 0.605. The van der Waals surface area contributed by atoms with E-state index in [4.69, 9.17) is 4.74 Å². The third kappa shape index (κ3) is 3.24. The number of hydrogen-bond acceptors (Lipinski definition) is 2. The minimum Gasteiger partial charge on any atom is -0.462 e. The van der Waals surface area contributed by atoms with Gasteiger partial charge in [-0.15, -0.1) is 0 Å². The van der Waals surface area contributed by atoms with Gasteiger partial charge in [0.25, 0.3) is 0 Å². The molecule has 1 aliphatic rings. The molecular weight excluding hydrogens is 152 g/mol. The van der Waals surface area contributed by atoms with Gasteiger partial charge in [0.15, 0.2) is 0 Å². The average molecular weight is 170 g/mol. The van der Waals surface area contributed by atoms with Crippen molar-refractivity contribution in [1.29, 1.82) is 0 Å². The van der Waals surface area contributed by atoms with Crippen LogP contribution in [-0.2, 0) is 9.53 Å². The predicted molar refractivity (Wildman–Crippen MR) is 47.7 cm³/mol. The zero-order valence-corrected chi connectivity index (χ0v) is 8.17. The Bertz CT molecular complexity index is 159. The van der Waals surface area contributed by atoms with Crippen LogP contribution in [0.15, 0.2) is 0 Å². The highest BCUT2D eigenvalue weighted by Crippen LogP contribution is 2.34. The SMILES string of the molecule is CC(C)CC(=O)OC(C)C1CC1. The van der Waals surface area contributed by atoms with Crippen molar-refractivity contribution in [3.05, 3.63) is 0 Å². The molecule has 0 aromatic rings. The fourth-order valence-corrected chi connectivity index (χ4v) is 1.25. The lowest BCUT2D eigenvalue weighted by atomic mass is 10.1. The highest BCUT2D eigenvalue weighted by Gasteiger charge is 2.30. The largest absolute Gasteiger partial charge is 0.462 e. The third-order valence-corrected chi connectivity index (χ3v) is 2.18. The van der Waals surface area contributed by atoms with E-state index in [1.165, 1.54) is 12.8 Å². The first-order chi connectivity index (χ1) is 5.59. The molecule has 0 spiro atoms. The Balaban J connectivity index is 2.15. The fourth-order valence-electron chi connectivity index (χ4n) is 1.25. The van der Waals surface area contributed by atoms with Crippen LogP contribution >= 0.6 is 0 Å². The Hall–Kier alpha value is -0.530. The van der Waals surface area contributed by atoms with E-state index >= 15 is 0 Å². The molecule has 0 amide bonds. The van der Waals surface area contributed by atoms with Crippen LogP contribution in [0.2, 0.25) is 0 Å². The van der Waals surface area contributed by atoms with Crippen molar-refractivity contribution in [2.75, 3.05) is 0 Å². The molecule has 0 radical (unpaired) electrons. The molecule has 12 heavy (non-hydrogen) atoms. The molecule has 0 aromatic carbocycles. The van der Waals surface area contributed by atoms with Crippen LogP contribution in [-0.4, -0.2) is 12.1 Å². The molecule has 2 nitrogen and oxygen atoms in total. The van der Waals surface area contributed by atoms with Crippen LogP contribution < -0.4 is 0 Å². The highest BCUT2D eigenvalue weighted by atomic mass is 16.5. The van der Waals surface area contributed by atoms with Crippen LogP contribution in [0.5, 0.6) is 0 Å². The molecule has 1 rings (SSSR count). The number of ether oxygens (including phenoxy) is 1.